The van der Waals surface area contributed by atoms with Gasteiger partial charge < -0.3 is 10.1 Å². The van der Waals surface area contributed by atoms with Gasteiger partial charge in [-0.1, -0.05) is 31.2 Å². The van der Waals surface area contributed by atoms with E-state index in [1.54, 1.807) is 7.11 Å². The summed E-state index contributed by atoms with van der Waals surface area (Å²) in [4.78, 5) is 1.45. The Bertz CT molecular complexity index is 448. The van der Waals surface area contributed by atoms with E-state index in [-0.39, 0.29) is 5.41 Å². The van der Waals surface area contributed by atoms with Crippen molar-refractivity contribution in [3.63, 3.8) is 0 Å². The predicted octanol–water partition coefficient (Wildman–Crippen LogP) is 3.69. The quantitative estimate of drug-likeness (QED) is 0.583. The van der Waals surface area contributed by atoms with E-state index in [0.717, 1.165) is 26.1 Å². The van der Waals surface area contributed by atoms with E-state index in [2.05, 4.69) is 49.2 Å². The molecule has 2 rings (SSSR count). The van der Waals surface area contributed by atoms with Crippen LogP contribution in [0.25, 0.3) is 0 Å². The van der Waals surface area contributed by atoms with Crippen LogP contribution in [0.15, 0.2) is 41.8 Å². The summed E-state index contributed by atoms with van der Waals surface area (Å²) in [6.07, 6.45) is 3.26. The molecule has 1 aliphatic heterocycles. The van der Waals surface area contributed by atoms with Gasteiger partial charge in [0.1, 0.15) is 0 Å². The Labute approximate surface area is 127 Å². The van der Waals surface area contributed by atoms with Crippen molar-refractivity contribution in [2.75, 3.05) is 32.6 Å². The van der Waals surface area contributed by atoms with Crippen LogP contribution in [0.1, 0.15) is 24.8 Å². The van der Waals surface area contributed by atoms with Gasteiger partial charge in [0.05, 0.1) is 6.61 Å². The van der Waals surface area contributed by atoms with Crippen LogP contribution in [-0.2, 0) is 4.74 Å². The zero-order chi connectivity index (χ0) is 14.4. The molecule has 1 aromatic carbocycles. The van der Waals surface area contributed by atoms with Crippen molar-refractivity contribution >= 4 is 11.8 Å². The van der Waals surface area contributed by atoms with Crippen molar-refractivity contribution in [3.8, 4) is 0 Å². The van der Waals surface area contributed by atoms with Gasteiger partial charge in [-0.15, -0.1) is 18.3 Å². The average molecular weight is 291 g/mol. The molecule has 0 spiro atoms. The molecule has 20 heavy (non-hydrogen) atoms. The number of rotatable bonds is 8. The summed E-state index contributed by atoms with van der Waals surface area (Å²) in [6, 6.07) is 8.80. The number of fused-ring (bicyclic) bond motifs is 1. The Morgan fingerprint density at radius 3 is 3.05 bits per heavy atom. The standard InChI is InChI=1S/C17H25NOS/c1-4-17(2,13-18-9-10-19-3)11-14-12-20-16-8-6-5-7-15(14)16/h4-8,14,18H,1,9-13H2,2-3H3. The van der Waals surface area contributed by atoms with Crippen LogP contribution >= 0.6 is 11.8 Å². The van der Waals surface area contributed by atoms with Crippen LogP contribution in [0.4, 0.5) is 0 Å². The van der Waals surface area contributed by atoms with Gasteiger partial charge in [0.2, 0.25) is 0 Å². The van der Waals surface area contributed by atoms with E-state index in [9.17, 15) is 0 Å². The number of thioether (sulfide) groups is 1. The van der Waals surface area contributed by atoms with Crippen LogP contribution in [0.5, 0.6) is 0 Å². The van der Waals surface area contributed by atoms with Gasteiger partial charge in [-0.25, -0.2) is 0 Å². The Kier molecular flexibility index (Phi) is 5.70. The molecule has 1 aliphatic rings. The van der Waals surface area contributed by atoms with E-state index in [4.69, 9.17) is 4.74 Å². The molecule has 0 bridgehead atoms. The van der Waals surface area contributed by atoms with Crippen LogP contribution in [0.3, 0.4) is 0 Å². The van der Waals surface area contributed by atoms with Crippen molar-refractivity contribution in [2.45, 2.75) is 24.2 Å². The van der Waals surface area contributed by atoms with Gasteiger partial charge in [-0.2, -0.15) is 0 Å². The number of benzene rings is 1. The third-order valence-corrected chi connectivity index (χ3v) is 5.27. The molecule has 0 aromatic heterocycles. The monoisotopic (exact) mass is 291 g/mol. The Morgan fingerprint density at radius 2 is 2.30 bits per heavy atom. The fourth-order valence-corrected chi connectivity index (χ4v) is 3.99. The fraction of sp³-hybridized carbons (Fsp3) is 0.529. The molecule has 2 unspecified atom stereocenters. The minimum Gasteiger partial charge on any atom is -0.383 e. The highest BCUT2D eigenvalue weighted by atomic mass is 32.2. The summed E-state index contributed by atoms with van der Waals surface area (Å²) < 4.78 is 5.08. The maximum Gasteiger partial charge on any atom is 0.0587 e. The first-order chi connectivity index (χ1) is 9.68. The molecule has 0 amide bonds. The summed E-state index contributed by atoms with van der Waals surface area (Å²) in [5, 5.41) is 3.47. The minimum atomic E-state index is 0.135. The SMILES string of the molecule is C=CC(C)(CNCCOC)CC1CSc2ccccc21. The van der Waals surface area contributed by atoms with Gasteiger partial charge in [-0.3, -0.25) is 0 Å². The molecular formula is C17H25NOS. The summed E-state index contributed by atoms with van der Waals surface area (Å²) in [7, 11) is 1.74. The highest BCUT2D eigenvalue weighted by Gasteiger charge is 2.30. The number of hydrogen-bond donors (Lipinski definition) is 1. The molecule has 3 heteroatoms. The summed E-state index contributed by atoms with van der Waals surface area (Å²) in [5.41, 5.74) is 1.65. The van der Waals surface area contributed by atoms with Gasteiger partial charge in [-0.05, 0) is 29.4 Å². The largest absolute Gasteiger partial charge is 0.383 e. The highest BCUT2D eigenvalue weighted by Crippen LogP contribution is 2.44. The van der Waals surface area contributed by atoms with Crippen molar-refractivity contribution < 1.29 is 4.74 Å². The third kappa shape index (κ3) is 3.87. The van der Waals surface area contributed by atoms with E-state index < -0.39 is 0 Å². The Balaban J connectivity index is 1.95. The Morgan fingerprint density at radius 1 is 1.50 bits per heavy atom. The highest BCUT2D eigenvalue weighted by molar-refractivity contribution is 7.99. The molecule has 0 radical (unpaired) electrons. The lowest BCUT2D eigenvalue weighted by atomic mass is 9.79. The molecule has 0 saturated heterocycles. The number of methoxy groups -OCH3 is 1. The maximum absolute atomic E-state index is 5.08. The van der Waals surface area contributed by atoms with E-state index in [0.29, 0.717) is 5.92 Å². The first-order valence-electron chi connectivity index (χ1n) is 7.23. The third-order valence-electron chi connectivity index (χ3n) is 4.02. The molecule has 1 heterocycles. The lowest BCUT2D eigenvalue weighted by molar-refractivity contribution is 0.194. The molecule has 1 N–H and O–H groups in total. The summed E-state index contributed by atoms with van der Waals surface area (Å²) >= 11 is 1.98. The smallest absolute Gasteiger partial charge is 0.0587 e. The van der Waals surface area contributed by atoms with E-state index in [1.165, 1.54) is 16.2 Å². The molecule has 2 nitrogen and oxygen atoms in total. The van der Waals surface area contributed by atoms with Crippen molar-refractivity contribution in [1.82, 2.24) is 5.32 Å². The molecule has 0 aliphatic carbocycles. The first kappa shape index (κ1) is 15.6. The number of hydrogen-bond acceptors (Lipinski definition) is 3. The fourth-order valence-electron chi connectivity index (χ4n) is 2.74. The second kappa shape index (κ2) is 7.30. The number of nitrogens with one attached hydrogen (secondary N) is 1. The molecular weight excluding hydrogens is 266 g/mol. The zero-order valence-electron chi connectivity index (χ0n) is 12.5. The van der Waals surface area contributed by atoms with Gasteiger partial charge in [0, 0.05) is 30.8 Å². The normalized spacial score (nSPS) is 20.4. The lowest BCUT2D eigenvalue weighted by Gasteiger charge is -2.29. The predicted molar refractivity (Wildman–Crippen MR) is 87.6 cm³/mol. The van der Waals surface area contributed by atoms with Crippen molar-refractivity contribution in [3.05, 3.63) is 42.5 Å². The van der Waals surface area contributed by atoms with Crippen LogP contribution in [-0.4, -0.2) is 32.6 Å². The zero-order valence-corrected chi connectivity index (χ0v) is 13.3. The van der Waals surface area contributed by atoms with Crippen LogP contribution in [0.2, 0.25) is 0 Å². The number of ether oxygens (including phenoxy) is 1. The van der Waals surface area contributed by atoms with Crippen molar-refractivity contribution in [1.29, 1.82) is 0 Å². The average Bonchev–Trinajstić information content (AvgIpc) is 2.87. The first-order valence-corrected chi connectivity index (χ1v) is 8.22. The molecule has 1 aromatic rings. The summed E-state index contributed by atoms with van der Waals surface area (Å²) in [6.45, 7) is 8.97. The van der Waals surface area contributed by atoms with Gasteiger partial charge in [0.15, 0.2) is 0 Å². The summed E-state index contributed by atoms with van der Waals surface area (Å²) in [5.74, 6) is 1.84. The second-order valence-electron chi connectivity index (χ2n) is 5.78. The second-order valence-corrected chi connectivity index (χ2v) is 6.84. The Hall–Kier alpha value is -0.770. The van der Waals surface area contributed by atoms with E-state index >= 15 is 0 Å². The van der Waals surface area contributed by atoms with Crippen LogP contribution < -0.4 is 5.32 Å². The molecule has 0 saturated carbocycles. The maximum atomic E-state index is 5.08. The minimum absolute atomic E-state index is 0.135. The molecule has 2 atom stereocenters. The topological polar surface area (TPSA) is 21.3 Å². The molecule has 0 fully saturated rings. The van der Waals surface area contributed by atoms with E-state index in [1.807, 2.05) is 11.8 Å². The molecule has 110 valence electrons. The van der Waals surface area contributed by atoms with Gasteiger partial charge >= 0.3 is 0 Å². The van der Waals surface area contributed by atoms with Crippen LogP contribution in [0, 0.1) is 5.41 Å². The van der Waals surface area contributed by atoms with Gasteiger partial charge in [0.25, 0.3) is 0 Å². The lowest BCUT2D eigenvalue weighted by Crippen LogP contribution is -2.33. The van der Waals surface area contributed by atoms with Crippen molar-refractivity contribution in [2.24, 2.45) is 5.41 Å².